The molecule has 22 heavy (non-hydrogen) atoms. The topological polar surface area (TPSA) is 88.5 Å². The molecule has 0 radical (unpaired) electrons. The average Bonchev–Trinajstić information content (AvgIpc) is 2.46. The third kappa shape index (κ3) is 8.17. The van der Waals surface area contributed by atoms with E-state index < -0.39 is 30.4 Å². The Morgan fingerprint density at radius 1 is 0.909 bits per heavy atom. The maximum Gasteiger partial charge on any atom is 0.167 e. The molecule has 0 aliphatic heterocycles. The third-order valence-electron chi connectivity index (χ3n) is 3.34. The summed E-state index contributed by atoms with van der Waals surface area (Å²) in [6, 6.07) is 0. The lowest BCUT2D eigenvalue weighted by Gasteiger charge is -2.21. The first kappa shape index (κ1) is 22.2. The summed E-state index contributed by atoms with van der Waals surface area (Å²) in [5, 5.41) is 9.98. The Morgan fingerprint density at radius 2 is 1.36 bits per heavy atom. The molecule has 134 valence electrons. The fourth-order valence-corrected chi connectivity index (χ4v) is 7.96. The molecule has 0 aliphatic carbocycles. The summed E-state index contributed by atoms with van der Waals surface area (Å²) >= 11 is 1.48. The molecule has 0 saturated carbocycles. The summed E-state index contributed by atoms with van der Waals surface area (Å²) in [6.45, 7) is 5.66. The van der Waals surface area contributed by atoms with E-state index >= 15 is 0 Å². The Kier molecular flexibility index (Phi) is 11.0. The Bertz CT molecular complexity index is 447. The number of aliphatic hydroxyl groups excluding tert-OH is 1. The second-order valence-electron chi connectivity index (χ2n) is 5.42. The van der Waals surface area contributed by atoms with E-state index in [0.717, 1.165) is 5.75 Å². The van der Waals surface area contributed by atoms with Gasteiger partial charge < -0.3 is 5.11 Å². The van der Waals surface area contributed by atoms with Gasteiger partial charge in [0.2, 0.25) is 0 Å². The van der Waals surface area contributed by atoms with Gasteiger partial charge >= 0.3 is 0 Å². The van der Waals surface area contributed by atoms with Crippen molar-refractivity contribution in [1.82, 2.24) is 0 Å². The summed E-state index contributed by atoms with van der Waals surface area (Å²) in [5.41, 5.74) is 0. The van der Waals surface area contributed by atoms with Crippen molar-refractivity contribution < 1.29 is 21.9 Å². The van der Waals surface area contributed by atoms with Crippen LogP contribution in [0.1, 0.15) is 52.9 Å². The van der Waals surface area contributed by atoms with Crippen LogP contribution in [-0.2, 0) is 19.7 Å². The number of hydrogen-bond acceptors (Lipinski definition) is 6. The molecule has 0 amide bonds. The molecule has 0 saturated heterocycles. The highest BCUT2D eigenvalue weighted by Gasteiger charge is 2.38. The Balaban J connectivity index is 5.22. The summed E-state index contributed by atoms with van der Waals surface area (Å²) in [5.74, 6) is 0.896. The highest BCUT2D eigenvalue weighted by Crippen LogP contribution is 2.21. The van der Waals surface area contributed by atoms with Gasteiger partial charge in [-0.2, -0.15) is 11.8 Å². The van der Waals surface area contributed by atoms with Crippen molar-refractivity contribution in [2.24, 2.45) is 0 Å². The van der Waals surface area contributed by atoms with Crippen LogP contribution < -0.4 is 0 Å². The van der Waals surface area contributed by atoms with Crippen molar-refractivity contribution in [2.75, 3.05) is 23.0 Å². The molecule has 0 heterocycles. The Morgan fingerprint density at radius 3 is 1.73 bits per heavy atom. The van der Waals surface area contributed by atoms with E-state index in [1.54, 1.807) is 0 Å². The third-order valence-corrected chi connectivity index (χ3v) is 9.84. The van der Waals surface area contributed by atoms with Gasteiger partial charge in [0.05, 0.1) is 17.6 Å². The van der Waals surface area contributed by atoms with Gasteiger partial charge in [0.15, 0.2) is 24.3 Å². The highest BCUT2D eigenvalue weighted by atomic mass is 32.3. The number of rotatable bonds is 13. The van der Waals surface area contributed by atoms with E-state index in [-0.39, 0.29) is 17.9 Å². The van der Waals surface area contributed by atoms with Crippen molar-refractivity contribution in [1.29, 1.82) is 0 Å². The van der Waals surface area contributed by atoms with Crippen LogP contribution in [-0.4, -0.2) is 55.6 Å². The number of sulfone groups is 2. The maximum atomic E-state index is 12.4. The smallest absolute Gasteiger partial charge is 0.167 e. The molecule has 5 nitrogen and oxygen atoms in total. The number of thioether (sulfide) groups is 1. The molecule has 0 spiro atoms. The summed E-state index contributed by atoms with van der Waals surface area (Å²) in [4.78, 5) is 0. The SMILES string of the molecule is CCCCS(=O)(=O)C(CC(O)CSCC)S(=O)(=O)CCCC. The first-order valence-corrected chi connectivity index (χ1v) is 12.5. The predicted molar refractivity (Wildman–Crippen MR) is 94.8 cm³/mol. The van der Waals surface area contributed by atoms with Crippen LogP contribution in [0.2, 0.25) is 0 Å². The lowest BCUT2D eigenvalue weighted by molar-refractivity contribution is 0.193. The minimum absolute atomic E-state index is 0.132. The van der Waals surface area contributed by atoms with Gasteiger partial charge in [-0.15, -0.1) is 0 Å². The molecule has 8 heteroatoms. The van der Waals surface area contributed by atoms with Gasteiger partial charge in [0, 0.05) is 12.2 Å². The van der Waals surface area contributed by atoms with Crippen LogP contribution in [0.25, 0.3) is 0 Å². The standard InChI is InChI=1S/C14H30O5S3/c1-4-7-9-21(16,17)14(11-13(15)12-20-6-3)22(18,19)10-8-5-2/h13-15H,4-12H2,1-3H3. The van der Waals surface area contributed by atoms with E-state index in [1.807, 2.05) is 20.8 Å². The first-order valence-electron chi connectivity index (χ1n) is 7.90. The Hall–Kier alpha value is 0.210. The average molecular weight is 375 g/mol. The summed E-state index contributed by atoms with van der Waals surface area (Å²) < 4.78 is 48.2. The monoisotopic (exact) mass is 374 g/mol. The van der Waals surface area contributed by atoms with Crippen molar-refractivity contribution in [2.45, 2.75) is 63.6 Å². The number of unbranched alkanes of at least 4 members (excludes halogenated alkanes) is 2. The lowest BCUT2D eigenvalue weighted by Crippen LogP contribution is -2.37. The van der Waals surface area contributed by atoms with Crippen LogP contribution in [0.5, 0.6) is 0 Å². The highest BCUT2D eigenvalue weighted by molar-refractivity contribution is 8.09. The van der Waals surface area contributed by atoms with Gasteiger partial charge in [0.1, 0.15) is 0 Å². The number of aliphatic hydroxyl groups is 1. The molecule has 1 unspecified atom stereocenters. The van der Waals surface area contributed by atoms with Gasteiger partial charge in [-0.1, -0.05) is 33.6 Å². The fraction of sp³-hybridized carbons (Fsp3) is 1.00. The van der Waals surface area contributed by atoms with Crippen molar-refractivity contribution >= 4 is 31.4 Å². The van der Waals surface area contributed by atoms with E-state index in [1.165, 1.54) is 11.8 Å². The zero-order valence-electron chi connectivity index (χ0n) is 13.8. The molecule has 0 rings (SSSR count). The number of hydrogen-bond donors (Lipinski definition) is 1. The molecular weight excluding hydrogens is 344 g/mol. The van der Waals surface area contributed by atoms with Gasteiger partial charge in [-0.3, -0.25) is 0 Å². The maximum absolute atomic E-state index is 12.4. The zero-order valence-corrected chi connectivity index (χ0v) is 16.3. The van der Waals surface area contributed by atoms with E-state index in [9.17, 15) is 21.9 Å². The summed E-state index contributed by atoms with van der Waals surface area (Å²) in [6.07, 6.45) is 1.14. The summed E-state index contributed by atoms with van der Waals surface area (Å²) in [7, 11) is -7.50. The fourth-order valence-electron chi connectivity index (χ4n) is 2.01. The second-order valence-corrected chi connectivity index (χ2v) is 11.6. The molecule has 1 atom stereocenters. The lowest BCUT2D eigenvalue weighted by atomic mass is 10.3. The van der Waals surface area contributed by atoms with Crippen molar-refractivity contribution in [3.05, 3.63) is 0 Å². The van der Waals surface area contributed by atoms with Gasteiger partial charge in [0.25, 0.3) is 0 Å². The van der Waals surface area contributed by atoms with Crippen LogP contribution in [0.3, 0.4) is 0 Å². The molecule has 0 bridgehead atoms. The quantitative estimate of drug-likeness (QED) is 0.532. The van der Waals surface area contributed by atoms with Crippen molar-refractivity contribution in [3.8, 4) is 0 Å². The van der Waals surface area contributed by atoms with Crippen LogP contribution >= 0.6 is 11.8 Å². The van der Waals surface area contributed by atoms with Crippen LogP contribution in [0, 0.1) is 0 Å². The van der Waals surface area contributed by atoms with Crippen LogP contribution in [0.4, 0.5) is 0 Å². The Labute approximate surface area is 140 Å². The van der Waals surface area contributed by atoms with Gasteiger partial charge in [-0.25, -0.2) is 16.8 Å². The van der Waals surface area contributed by atoms with E-state index in [2.05, 4.69) is 0 Å². The molecule has 0 aliphatic rings. The van der Waals surface area contributed by atoms with Crippen molar-refractivity contribution in [3.63, 3.8) is 0 Å². The molecule has 0 aromatic heterocycles. The molecule has 0 fully saturated rings. The van der Waals surface area contributed by atoms with E-state index in [0.29, 0.717) is 31.4 Å². The predicted octanol–water partition coefficient (Wildman–Crippen LogP) is 2.25. The minimum Gasteiger partial charge on any atom is -0.392 e. The van der Waals surface area contributed by atoms with Gasteiger partial charge in [-0.05, 0) is 18.6 Å². The molecule has 0 aromatic rings. The van der Waals surface area contributed by atoms with Crippen LogP contribution in [0.15, 0.2) is 0 Å². The normalized spacial score (nSPS) is 14.4. The zero-order chi connectivity index (χ0) is 17.2. The first-order chi connectivity index (χ1) is 10.2. The molecule has 1 N–H and O–H groups in total. The molecular formula is C14H30O5S3. The van der Waals surface area contributed by atoms with E-state index in [4.69, 9.17) is 0 Å². The minimum atomic E-state index is -3.75. The largest absolute Gasteiger partial charge is 0.392 e. The second kappa shape index (κ2) is 10.9. The molecule has 0 aromatic carbocycles.